The van der Waals surface area contributed by atoms with Crippen molar-refractivity contribution in [1.82, 2.24) is 15.1 Å². The molecule has 0 radical (unpaired) electrons. The van der Waals surface area contributed by atoms with Gasteiger partial charge in [0.25, 0.3) is 0 Å². The number of aryl methyl sites for hydroxylation is 1. The maximum absolute atomic E-state index is 15.5. The smallest absolute Gasteiger partial charge is 0.159 e. The van der Waals surface area contributed by atoms with Gasteiger partial charge in [-0.05, 0) is 61.0 Å². The Bertz CT molecular complexity index is 1080. The summed E-state index contributed by atoms with van der Waals surface area (Å²) >= 11 is 0. The summed E-state index contributed by atoms with van der Waals surface area (Å²) in [6, 6.07) is 10.7. The fourth-order valence-electron chi connectivity index (χ4n) is 3.40. The van der Waals surface area contributed by atoms with Gasteiger partial charge in [-0.2, -0.15) is 10.2 Å². The van der Waals surface area contributed by atoms with Gasteiger partial charge in [-0.1, -0.05) is 18.2 Å². The first-order chi connectivity index (χ1) is 13.4. The molecule has 6 heteroatoms. The highest BCUT2D eigenvalue weighted by molar-refractivity contribution is 5.83. The molecule has 0 bridgehead atoms. The van der Waals surface area contributed by atoms with E-state index in [1.807, 2.05) is 31.0 Å². The summed E-state index contributed by atoms with van der Waals surface area (Å²) in [4.78, 5) is 1.96. The number of benzene rings is 2. The van der Waals surface area contributed by atoms with Gasteiger partial charge in [-0.15, -0.1) is 0 Å². The van der Waals surface area contributed by atoms with Crippen LogP contribution in [0.15, 0.2) is 48.5 Å². The molecule has 0 aliphatic carbocycles. The zero-order valence-electron chi connectivity index (χ0n) is 15.5. The van der Waals surface area contributed by atoms with Gasteiger partial charge in [0.2, 0.25) is 0 Å². The number of aromatic nitrogens is 2. The van der Waals surface area contributed by atoms with E-state index in [0.29, 0.717) is 46.6 Å². The fraction of sp³-hybridized carbons (Fsp3) is 0.182. The van der Waals surface area contributed by atoms with E-state index >= 15 is 4.39 Å². The molecule has 0 amide bonds. The van der Waals surface area contributed by atoms with Crippen molar-refractivity contribution < 1.29 is 13.2 Å². The SMILES string of the molecule is Cc1ccc(-c2ccc3c(c2F)CN(C)CC=C3c2ccc(F)c(F)c2)nn1. The Morgan fingerprint density at radius 2 is 1.68 bits per heavy atom. The predicted octanol–water partition coefficient (Wildman–Crippen LogP) is 4.75. The van der Waals surface area contributed by atoms with Crippen molar-refractivity contribution in [3.05, 3.63) is 88.4 Å². The minimum Gasteiger partial charge on any atom is -0.298 e. The van der Waals surface area contributed by atoms with E-state index < -0.39 is 11.6 Å². The van der Waals surface area contributed by atoms with Crippen molar-refractivity contribution in [2.75, 3.05) is 13.6 Å². The summed E-state index contributed by atoms with van der Waals surface area (Å²) in [6.07, 6.45) is 1.91. The molecule has 0 N–H and O–H groups in total. The molecule has 1 aliphatic rings. The minimum atomic E-state index is -0.926. The molecule has 2 aromatic carbocycles. The molecule has 3 aromatic rings. The van der Waals surface area contributed by atoms with Crippen molar-refractivity contribution in [3.63, 3.8) is 0 Å². The van der Waals surface area contributed by atoms with Crippen LogP contribution in [0.4, 0.5) is 13.2 Å². The third-order valence-electron chi connectivity index (χ3n) is 4.87. The zero-order valence-corrected chi connectivity index (χ0v) is 15.5. The third kappa shape index (κ3) is 3.31. The molecule has 4 rings (SSSR count). The van der Waals surface area contributed by atoms with Gasteiger partial charge >= 0.3 is 0 Å². The van der Waals surface area contributed by atoms with Crippen LogP contribution in [0.5, 0.6) is 0 Å². The molecule has 2 heterocycles. The predicted molar refractivity (Wildman–Crippen MR) is 102 cm³/mol. The van der Waals surface area contributed by atoms with Gasteiger partial charge < -0.3 is 0 Å². The highest BCUT2D eigenvalue weighted by Crippen LogP contribution is 2.35. The van der Waals surface area contributed by atoms with Crippen LogP contribution in [0.2, 0.25) is 0 Å². The Labute approximate surface area is 161 Å². The second-order valence-electron chi connectivity index (χ2n) is 6.96. The Morgan fingerprint density at radius 3 is 2.39 bits per heavy atom. The lowest BCUT2D eigenvalue weighted by Gasteiger charge is -2.17. The Balaban J connectivity index is 1.87. The number of likely N-dealkylation sites (N-methyl/N-ethyl adjacent to an activating group) is 1. The Kier molecular flexibility index (Phi) is 4.73. The summed E-state index contributed by atoms with van der Waals surface area (Å²) in [7, 11) is 1.88. The standard InChI is InChI=1S/C22H18F3N3/c1-13-3-8-21(27-26-13)17-6-5-16-15(14-4-7-19(23)20(24)11-14)9-10-28(2)12-18(16)22(17)25/h3-9,11H,10,12H2,1-2H3. The summed E-state index contributed by atoms with van der Waals surface area (Å²) in [5.74, 6) is -2.21. The summed E-state index contributed by atoms with van der Waals surface area (Å²) in [5.41, 5.74) is 3.92. The Hall–Kier alpha value is -2.99. The minimum absolute atomic E-state index is 0.367. The second kappa shape index (κ2) is 7.20. The average Bonchev–Trinajstić information content (AvgIpc) is 2.84. The molecule has 1 aliphatic heterocycles. The van der Waals surface area contributed by atoms with Crippen LogP contribution >= 0.6 is 0 Å². The van der Waals surface area contributed by atoms with Gasteiger partial charge in [-0.25, -0.2) is 13.2 Å². The van der Waals surface area contributed by atoms with Crippen molar-refractivity contribution in [2.45, 2.75) is 13.5 Å². The van der Waals surface area contributed by atoms with E-state index in [9.17, 15) is 8.78 Å². The van der Waals surface area contributed by atoms with Crippen LogP contribution in [0.3, 0.4) is 0 Å². The van der Waals surface area contributed by atoms with E-state index in [1.54, 1.807) is 18.2 Å². The van der Waals surface area contributed by atoms with Crippen molar-refractivity contribution in [2.24, 2.45) is 0 Å². The third-order valence-corrected chi connectivity index (χ3v) is 4.87. The summed E-state index contributed by atoms with van der Waals surface area (Å²) in [6.45, 7) is 2.76. The Morgan fingerprint density at radius 1 is 0.893 bits per heavy atom. The van der Waals surface area contributed by atoms with E-state index in [-0.39, 0.29) is 5.82 Å². The monoisotopic (exact) mass is 381 g/mol. The lowest BCUT2D eigenvalue weighted by molar-refractivity contribution is 0.358. The van der Waals surface area contributed by atoms with Gasteiger partial charge in [-0.3, -0.25) is 4.90 Å². The maximum atomic E-state index is 15.5. The van der Waals surface area contributed by atoms with E-state index in [4.69, 9.17) is 0 Å². The molecule has 3 nitrogen and oxygen atoms in total. The normalized spacial score (nSPS) is 14.4. The van der Waals surface area contributed by atoms with E-state index in [1.165, 1.54) is 6.07 Å². The number of rotatable bonds is 2. The molecule has 0 saturated carbocycles. The average molecular weight is 381 g/mol. The van der Waals surface area contributed by atoms with E-state index in [2.05, 4.69) is 10.2 Å². The number of nitrogens with zero attached hydrogens (tertiary/aromatic N) is 3. The van der Waals surface area contributed by atoms with Crippen LogP contribution in [-0.4, -0.2) is 28.7 Å². The molecule has 0 fully saturated rings. The summed E-state index contributed by atoms with van der Waals surface area (Å²) < 4.78 is 42.6. The zero-order chi connectivity index (χ0) is 19.8. The van der Waals surface area contributed by atoms with Gasteiger partial charge in [0.1, 0.15) is 5.82 Å². The number of hydrogen-bond acceptors (Lipinski definition) is 3. The number of halogens is 3. The van der Waals surface area contributed by atoms with Crippen LogP contribution in [0, 0.1) is 24.4 Å². The molecule has 142 valence electrons. The van der Waals surface area contributed by atoms with Crippen molar-refractivity contribution in [1.29, 1.82) is 0 Å². The molecular formula is C22H18F3N3. The quantitative estimate of drug-likeness (QED) is 0.642. The molecule has 1 aromatic heterocycles. The van der Waals surface area contributed by atoms with Crippen LogP contribution in [-0.2, 0) is 6.54 Å². The van der Waals surface area contributed by atoms with Gasteiger partial charge in [0, 0.05) is 24.2 Å². The molecular weight excluding hydrogens is 363 g/mol. The fourth-order valence-corrected chi connectivity index (χ4v) is 3.40. The molecule has 0 atom stereocenters. The number of fused-ring (bicyclic) bond motifs is 1. The molecule has 0 spiro atoms. The topological polar surface area (TPSA) is 29.0 Å². The first kappa shape index (κ1) is 18.4. The van der Waals surface area contributed by atoms with E-state index in [0.717, 1.165) is 17.8 Å². The summed E-state index contributed by atoms with van der Waals surface area (Å²) in [5, 5.41) is 8.10. The van der Waals surface area contributed by atoms with Gasteiger partial charge in [0.05, 0.1) is 11.4 Å². The molecule has 0 unspecified atom stereocenters. The van der Waals surface area contributed by atoms with Crippen LogP contribution in [0.1, 0.15) is 22.4 Å². The lowest BCUT2D eigenvalue weighted by Crippen LogP contribution is -2.17. The first-order valence-electron chi connectivity index (χ1n) is 8.90. The maximum Gasteiger partial charge on any atom is 0.159 e. The molecule has 28 heavy (non-hydrogen) atoms. The van der Waals surface area contributed by atoms with Gasteiger partial charge in [0.15, 0.2) is 11.6 Å². The largest absolute Gasteiger partial charge is 0.298 e. The first-order valence-corrected chi connectivity index (χ1v) is 8.90. The lowest BCUT2D eigenvalue weighted by atomic mass is 9.91. The highest BCUT2D eigenvalue weighted by atomic mass is 19.2. The van der Waals surface area contributed by atoms with Crippen LogP contribution in [0.25, 0.3) is 16.8 Å². The second-order valence-corrected chi connectivity index (χ2v) is 6.96. The highest BCUT2D eigenvalue weighted by Gasteiger charge is 2.22. The van der Waals surface area contributed by atoms with Crippen LogP contribution < -0.4 is 0 Å². The van der Waals surface area contributed by atoms with Crippen molar-refractivity contribution >= 4 is 5.57 Å². The number of hydrogen-bond donors (Lipinski definition) is 0. The van der Waals surface area contributed by atoms with Crippen molar-refractivity contribution in [3.8, 4) is 11.3 Å². The molecule has 0 saturated heterocycles.